The molecule has 0 saturated carbocycles. The Balaban J connectivity index is 1.79. The van der Waals surface area contributed by atoms with Crippen LogP contribution in [-0.2, 0) is 11.2 Å². The molecule has 4 nitrogen and oxygen atoms in total. The minimum Gasteiger partial charge on any atom is -0.480 e. The molecule has 22 heavy (non-hydrogen) atoms. The van der Waals surface area contributed by atoms with E-state index in [1.54, 1.807) is 12.1 Å². The molecule has 0 amide bonds. The summed E-state index contributed by atoms with van der Waals surface area (Å²) in [6, 6.07) is 12.6. The largest absolute Gasteiger partial charge is 0.480 e. The van der Waals surface area contributed by atoms with Gasteiger partial charge in [-0.1, -0.05) is 35.6 Å². The van der Waals surface area contributed by atoms with Gasteiger partial charge in [0.05, 0.1) is 10.2 Å². The van der Waals surface area contributed by atoms with Crippen molar-refractivity contribution >= 4 is 32.7 Å². The SMILES string of the molecule is O=C(O)C(Cc1ccc(F)cc1)Nc1nc2ccccc2s1. The molecule has 0 radical (unpaired) electrons. The second-order valence-electron chi connectivity index (χ2n) is 4.85. The molecule has 6 heteroatoms. The summed E-state index contributed by atoms with van der Waals surface area (Å²) < 4.78 is 13.9. The van der Waals surface area contributed by atoms with Crippen molar-refractivity contribution in [3.63, 3.8) is 0 Å². The number of carbonyl (C=O) groups is 1. The number of rotatable bonds is 5. The minimum absolute atomic E-state index is 0.255. The maximum Gasteiger partial charge on any atom is 0.326 e. The predicted molar refractivity (Wildman–Crippen MR) is 84.8 cm³/mol. The second-order valence-corrected chi connectivity index (χ2v) is 5.88. The number of fused-ring (bicyclic) bond motifs is 1. The molecular formula is C16H13FN2O2S. The smallest absolute Gasteiger partial charge is 0.326 e. The standard InChI is InChI=1S/C16H13FN2O2S/c17-11-7-5-10(6-8-11)9-13(15(20)21)19-16-18-12-3-1-2-4-14(12)22-16/h1-8,13H,9H2,(H,18,19)(H,20,21). The van der Waals surface area contributed by atoms with Crippen LogP contribution in [0.25, 0.3) is 10.2 Å². The van der Waals surface area contributed by atoms with E-state index in [1.807, 2.05) is 24.3 Å². The van der Waals surface area contributed by atoms with Crippen molar-refractivity contribution in [1.82, 2.24) is 4.98 Å². The van der Waals surface area contributed by atoms with E-state index in [0.29, 0.717) is 5.13 Å². The number of benzene rings is 2. The van der Waals surface area contributed by atoms with Crippen molar-refractivity contribution in [2.75, 3.05) is 5.32 Å². The zero-order valence-electron chi connectivity index (χ0n) is 11.5. The summed E-state index contributed by atoms with van der Waals surface area (Å²) in [5.74, 6) is -1.31. The highest BCUT2D eigenvalue weighted by molar-refractivity contribution is 7.22. The van der Waals surface area contributed by atoms with E-state index in [9.17, 15) is 14.3 Å². The lowest BCUT2D eigenvalue weighted by Crippen LogP contribution is -2.31. The number of hydrogen-bond acceptors (Lipinski definition) is 4. The number of hydrogen-bond donors (Lipinski definition) is 2. The third kappa shape index (κ3) is 3.23. The maximum absolute atomic E-state index is 12.9. The van der Waals surface area contributed by atoms with E-state index in [4.69, 9.17) is 0 Å². The summed E-state index contributed by atoms with van der Waals surface area (Å²) >= 11 is 1.41. The summed E-state index contributed by atoms with van der Waals surface area (Å²) in [5, 5.41) is 12.9. The van der Waals surface area contributed by atoms with E-state index in [0.717, 1.165) is 15.8 Å². The molecule has 0 saturated heterocycles. The lowest BCUT2D eigenvalue weighted by molar-refractivity contribution is -0.137. The summed E-state index contributed by atoms with van der Waals surface area (Å²) in [5.41, 5.74) is 1.59. The van der Waals surface area contributed by atoms with Gasteiger partial charge in [-0.15, -0.1) is 0 Å². The highest BCUT2D eigenvalue weighted by Gasteiger charge is 2.19. The van der Waals surface area contributed by atoms with Crippen LogP contribution in [0.2, 0.25) is 0 Å². The number of aromatic nitrogens is 1. The van der Waals surface area contributed by atoms with Crippen LogP contribution in [0, 0.1) is 5.82 Å². The zero-order valence-corrected chi connectivity index (χ0v) is 12.3. The molecule has 1 atom stereocenters. The molecule has 2 aromatic carbocycles. The van der Waals surface area contributed by atoms with Gasteiger partial charge in [-0.3, -0.25) is 0 Å². The van der Waals surface area contributed by atoms with Gasteiger partial charge in [0.25, 0.3) is 0 Å². The van der Waals surface area contributed by atoms with Crippen LogP contribution in [0.3, 0.4) is 0 Å². The first-order chi connectivity index (χ1) is 10.6. The quantitative estimate of drug-likeness (QED) is 0.756. The third-order valence-electron chi connectivity index (χ3n) is 3.24. The van der Waals surface area contributed by atoms with Crippen LogP contribution in [0.15, 0.2) is 48.5 Å². The Kier molecular flexibility index (Phi) is 4.02. The second kappa shape index (κ2) is 6.11. The zero-order chi connectivity index (χ0) is 15.5. The first-order valence-electron chi connectivity index (χ1n) is 6.71. The van der Waals surface area contributed by atoms with E-state index >= 15 is 0 Å². The van der Waals surface area contributed by atoms with Gasteiger partial charge in [0.1, 0.15) is 11.9 Å². The molecule has 0 aliphatic carbocycles. The molecule has 0 aliphatic heterocycles. The average Bonchev–Trinajstić information content (AvgIpc) is 2.91. The fourth-order valence-electron chi connectivity index (χ4n) is 2.14. The van der Waals surface area contributed by atoms with Gasteiger partial charge < -0.3 is 10.4 Å². The summed E-state index contributed by atoms with van der Waals surface area (Å²) in [7, 11) is 0. The number of carboxylic acids is 1. The molecule has 1 heterocycles. The predicted octanol–water partition coefficient (Wildman–Crippen LogP) is 3.54. The number of para-hydroxylation sites is 1. The normalized spacial score (nSPS) is 12.2. The number of aliphatic carboxylic acids is 1. The molecule has 0 spiro atoms. The first-order valence-corrected chi connectivity index (χ1v) is 7.53. The highest BCUT2D eigenvalue weighted by Crippen LogP contribution is 2.26. The van der Waals surface area contributed by atoms with Gasteiger partial charge in [0.2, 0.25) is 0 Å². The van der Waals surface area contributed by atoms with Crippen molar-refractivity contribution in [3.05, 3.63) is 59.9 Å². The number of anilines is 1. The Morgan fingerprint density at radius 3 is 2.64 bits per heavy atom. The fraction of sp³-hybridized carbons (Fsp3) is 0.125. The Morgan fingerprint density at radius 1 is 1.23 bits per heavy atom. The Morgan fingerprint density at radius 2 is 1.95 bits per heavy atom. The van der Waals surface area contributed by atoms with Gasteiger partial charge in [-0.05, 0) is 29.8 Å². The molecule has 112 valence electrons. The van der Waals surface area contributed by atoms with Crippen molar-refractivity contribution in [3.8, 4) is 0 Å². The number of halogens is 1. The van der Waals surface area contributed by atoms with Crippen LogP contribution in [-0.4, -0.2) is 22.1 Å². The molecule has 2 N–H and O–H groups in total. The highest BCUT2D eigenvalue weighted by atomic mass is 32.1. The number of carboxylic acid groups (broad SMARTS) is 1. The van der Waals surface area contributed by atoms with Crippen LogP contribution in [0.5, 0.6) is 0 Å². The van der Waals surface area contributed by atoms with Crippen LogP contribution >= 0.6 is 11.3 Å². The molecule has 0 aliphatic rings. The van der Waals surface area contributed by atoms with Crippen LogP contribution in [0.1, 0.15) is 5.56 Å². The Bertz CT molecular complexity index is 768. The molecular weight excluding hydrogens is 303 g/mol. The van der Waals surface area contributed by atoms with Crippen LogP contribution in [0.4, 0.5) is 9.52 Å². The Labute approximate surface area is 130 Å². The monoisotopic (exact) mass is 316 g/mol. The molecule has 1 unspecified atom stereocenters. The van der Waals surface area contributed by atoms with Gasteiger partial charge in [0.15, 0.2) is 5.13 Å². The van der Waals surface area contributed by atoms with Crippen molar-refractivity contribution in [1.29, 1.82) is 0 Å². The molecule has 3 rings (SSSR count). The topological polar surface area (TPSA) is 62.2 Å². The fourth-order valence-corrected chi connectivity index (χ4v) is 3.06. The van der Waals surface area contributed by atoms with Crippen LogP contribution < -0.4 is 5.32 Å². The van der Waals surface area contributed by atoms with Gasteiger partial charge in [0, 0.05) is 6.42 Å². The summed E-state index contributed by atoms with van der Waals surface area (Å²) in [4.78, 5) is 15.8. The Hall–Kier alpha value is -2.47. The molecule has 0 bridgehead atoms. The minimum atomic E-state index is -0.969. The average molecular weight is 316 g/mol. The van der Waals surface area contributed by atoms with E-state index in [2.05, 4.69) is 10.3 Å². The van der Waals surface area contributed by atoms with Gasteiger partial charge in [-0.25, -0.2) is 14.2 Å². The van der Waals surface area contributed by atoms with Crippen molar-refractivity contribution in [2.45, 2.75) is 12.5 Å². The van der Waals surface area contributed by atoms with Crippen molar-refractivity contribution < 1.29 is 14.3 Å². The number of nitrogens with one attached hydrogen (secondary N) is 1. The number of thiazole rings is 1. The molecule has 0 fully saturated rings. The lowest BCUT2D eigenvalue weighted by Gasteiger charge is -2.13. The summed E-state index contributed by atoms with van der Waals surface area (Å²) in [6.45, 7) is 0. The number of nitrogens with zero attached hydrogens (tertiary/aromatic N) is 1. The lowest BCUT2D eigenvalue weighted by atomic mass is 10.1. The molecule has 3 aromatic rings. The van der Waals surface area contributed by atoms with Gasteiger partial charge in [-0.2, -0.15) is 0 Å². The van der Waals surface area contributed by atoms with E-state index < -0.39 is 12.0 Å². The molecule has 1 aromatic heterocycles. The maximum atomic E-state index is 12.9. The van der Waals surface area contributed by atoms with E-state index in [-0.39, 0.29) is 12.2 Å². The van der Waals surface area contributed by atoms with E-state index in [1.165, 1.54) is 23.5 Å². The van der Waals surface area contributed by atoms with Crippen molar-refractivity contribution in [2.24, 2.45) is 0 Å². The first kappa shape index (κ1) is 14.5. The van der Waals surface area contributed by atoms with Gasteiger partial charge >= 0.3 is 5.97 Å². The third-order valence-corrected chi connectivity index (χ3v) is 4.21. The summed E-state index contributed by atoms with van der Waals surface area (Å²) in [6.07, 6.45) is 0.255.